The van der Waals surface area contributed by atoms with Gasteiger partial charge in [-0.25, -0.2) is 14.8 Å². The van der Waals surface area contributed by atoms with Crippen LogP contribution in [0.4, 0.5) is 14.6 Å². The maximum absolute atomic E-state index is 15.8. The lowest BCUT2D eigenvalue weighted by Gasteiger charge is -2.38. The smallest absolute Gasteiger partial charge is 0.329 e. The molecule has 4 aliphatic heterocycles. The summed E-state index contributed by atoms with van der Waals surface area (Å²) in [5.74, 6) is -5.64. The van der Waals surface area contributed by atoms with E-state index in [1.165, 1.54) is 4.90 Å². The topological polar surface area (TPSA) is 136 Å². The Labute approximate surface area is 273 Å². The third-order valence-corrected chi connectivity index (χ3v) is 9.69. The van der Waals surface area contributed by atoms with Crippen molar-refractivity contribution in [1.29, 1.82) is 0 Å². The second-order valence-electron chi connectivity index (χ2n) is 12.9. The van der Waals surface area contributed by atoms with Crippen LogP contribution in [0, 0.1) is 5.92 Å². The molecule has 1 amide bonds. The first-order valence-electron chi connectivity index (χ1n) is 16.2. The molecule has 2 aromatic carbocycles. The van der Waals surface area contributed by atoms with Crippen molar-refractivity contribution in [2.24, 2.45) is 5.92 Å². The maximum Gasteiger partial charge on any atom is 0.329 e. The Morgan fingerprint density at radius 1 is 1.06 bits per heavy atom. The van der Waals surface area contributed by atoms with Crippen molar-refractivity contribution in [2.75, 3.05) is 37.7 Å². The van der Waals surface area contributed by atoms with Crippen molar-refractivity contribution in [3.63, 3.8) is 0 Å². The molecule has 4 atom stereocenters. The van der Waals surface area contributed by atoms with Gasteiger partial charge in [0.2, 0.25) is 11.7 Å². The van der Waals surface area contributed by atoms with Gasteiger partial charge in [0.15, 0.2) is 11.4 Å². The van der Waals surface area contributed by atoms with Crippen LogP contribution >= 0.6 is 0 Å². The van der Waals surface area contributed by atoms with Crippen LogP contribution in [-0.4, -0.2) is 86.4 Å². The molecule has 14 heteroatoms. The van der Waals surface area contributed by atoms with Crippen molar-refractivity contribution in [2.45, 2.75) is 56.7 Å². The second kappa shape index (κ2) is 11.7. The number of aliphatic carboxylic acids is 1. The summed E-state index contributed by atoms with van der Waals surface area (Å²) in [5, 5.41) is 10.9. The Kier molecular flexibility index (Phi) is 7.42. The van der Waals surface area contributed by atoms with E-state index in [0.29, 0.717) is 36.5 Å². The number of carbonyl (C=O) groups is 2. The number of benzene rings is 2. The van der Waals surface area contributed by atoms with Gasteiger partial charge >= 0.3 is 11.9 Å². The number of aromatic nitrogens is 4. The van der Waals surface area contributed by atoms with Gasteiger partial charge in [0.25, 0.3) is 6.01 Å². The first-order chi connectivity index (χ1) is 23.2. The van der Waals surface area contributed by atoms with E-state index in [1.54, 1.807) is 24.3 Å². The van der Waals surface area contributed by atoms with Gasteiger partial charge in [-0.05, 0) is 43.0 Å². The zero-order chi connectivity index (χ0) is 33.2. The lowest BCUT2D eigenvalue weighted by molar-refractivity contribution is -0.138. The van der Waals surface area contributed by atoms with E-state index in [1.807, 2.05) is 29.2 Å². The number of anilines is 1. The number of furan rings is 1. The average molecular weight is 661 g/mol. The fourth-order valence-corrected chi connectivity index (χ4v) is 7.35. The van der Waals surface area contributed by atoms with Crippen molar-refractivity contribution in [3.8, 4) is 6.01 Å². The number of halogens is 2. The van der Waals surface area contributed by atoms with Crippen molar-refractivity contribution < 1.29 is 37.4 Å². The normalized spacial score (nSPS) is 25.0. The minimum absolute atomic E-state index is 0.0212. The van der Waals surface area contributed by atoms with E-state index in [4.69, 9.17) is 18.9 Å². The molecule has 9 rings (SSSR count). The minimum atomic E-state index is -3.62. The van der Waals surface area contributed by atoms with Gasteiger partial charge in [0.05, 0.1) is 17.6 Å². The Hall–Kier alpha value is -4.85. The zero-order valence-electron chi connectivity index (χ0n) is 26.2. The SMILES string of the molecule is C[C@H]1CN2CC[C@@H]1n1c(nc3ccccc31)O[C@H]1C[C@@H](C(=O)O)N(C1)c1nc(nc3c1oc1ccccc13)C(F)(F)COCCCC2=O. The van der Waals surface area contributed by atoms with Gasteiger partial charge in [0.1, 0.15) is 29.9 Å². The Balaban J connectivity index is 1.26. The summed E-state index contributed by atoms with van der Waals surface area (Å²) < 4.78 is 51.7. The van der Waals surface area contributed by atoms with Gasteiger partial charge in [-0.3, -0.25) is 9.36 Å². The number of piperidine rings is 1. The summed E-state index contributed by atoms with van der Waals surface area (Å²) >= 11 is 0. The predicted octanol–water partition coefficient (Wildman–Crippen LogP) is 5.15. The number of carbonyl (C=O) groups excluding carboxylic acids is 1. The number of hydrogen-bond donors (Lipinski definition) is 1. The fourth-order valence-electron chi connectivity index (χ4n) is 7.35. The van der Waals surface area contributed by atoms with Crippen molar-refractivity contribution in [1.82, 2.24) is 24.4 Å². The highest BCUT2D eigenvalue weighted by atomic mass is 19.3. The molecular weight excluding hydrogens is 626 g/mol. The number of rotatable bonds is 1. The summed E-state index contributed by atoms with van der Waals surface area (Å²) in [6, 6.07) is 13.7. The number of nitrogens with zero attached hydrogens (tertiary/aromatic N) is 6. The standard InChI is InChI=1S/C34H34F2N6O6/c1-19-16-40-13-12-23(19)42-24-9-4-3-8-22(24)37-33(42)47-20-15-25(31(44)45)41(17-20)30-29-28(21-7-2-5-10-26(21)48-29)38-32(39-30)34(35,36)18-46-14-6-11-27(40)43/h2-5,7-10,19-20,23,25H,6,11-18H2,1H3,(H,44,45)/t19-,20-,23-,25-/m0/s1. The van der Waals surface area contributed by atoms with E-state index >= 15 is 8.78 Å². The molecule has 250 valence electrons. The summed E-state index contributed by atoms with van der Waals surface area (Å²) in [4.78, 5) is 42.4. The summed E-state index contributed by atoms with van der Waals surface area (Å²) in [5.41, 5.74) is 2.26. The molecular formula is C34H34F2N6O6. The molecule has 0 aliphatic carbocycles. The molecule has 1 N–H and O–H groups in total. The molecule has 0 saturated carbocycles. The number of alkyl halides is 2. The molecule has 2 saturated heterocycles. The molecule has 3 aromatic heterocycles. The largest absolute Gasteiger partial charge is 0.480 e. The van der Waals surface area contributed by atoms with Crippen molar-refractivity contribution >= 4 is 50.8 Å². The number of amides is 1. The van der Waals surface area contributed by atoms with Crippen LogP contribution in [0.1, 0.15) is 44.5 Å². The summed E-state index contributed by atoms with van der Waals surface area (Å²) in [6.45, 7) is 2.10. The number of carboxylic acid groups (broad SMARTS) is 1. The summed E-state index contributed by atoms with van der Waals surface area (Å²) in [6.07, 6.45) is 0.480. The molecule has 0 spiro atoms. The first-order valence-corrected chi connectivity index (χ1v) is 16.2. The molecule has 7 heterocycles. The predicted molar refractivity (Wildman–Crippen MR) is 170 cm³/mol. The highest BCUT2D eigenvalue weighted by molar-refractivity contribution is 6.06. The van der Waals surface area contributed by atoms with Crippen LogP contribution in [0.2, 0.25) is 0 Å². The number of para-hydroxylation sites is 3. The third-order valence-electron chi connectivity index (χ3n) is 9.69. The molecule has 12 nitrogen and oxygen atoms in total. The summed E-state index contributed by atoms with van der Waals surface area (Å²) in [7, 11) is 0. The van der Waals surface area contributed by atoms with Gasteiger partial charge in [0, 0.05) is 44.0 Å². The number of fused-ring (bicyclic) bond motifs is 12. The molecule has 0 unspecified atom stereocenters. The molecule has 6 bridgehead atoms. The highest BCUT2D eigenvalue weighted by Gasteiger charge is 2.44. The quantitative estimate of drug-likeness (QED) is 0.257. The Morgan fingerprint density at radius 3 is 2.71 bits per heavy atom. The van der Waals surface area contributed by atoms with E-state index in [2.05, 4.69) is 21.5 Å². The number of hydrogen-bond acceptors (Lipinski definition) is 9. The lowest BCUT2D eigenvalue weighted by Crippen LogP contribution is -2.43. The molecule has 48 heavy (non-hydrogen) atoms. The third kappa shape index (κ3) is 5.18. The second-order valence-corrected chi connectivity index (χ2v) is 12.9. The molecule has 5 aromatic rings. The van der Waals surface area contributed by atoms with E-state index in [0.717, 1.165) is 11.0 Å². The maximum atomic E-state index is 15.8. The van der Waals surface area contributed by atoms with Crippen LogP contribution in [0.5, 0.6) is 6.01 Å². The van der Waals surface area contributed by atoms with E-state index < -0.39 is 36.5 Å². The first kappa shape index (κ1) is 30.5. The highest BCUT2D eigenvalue weighted by Crippen LogP contribution is 2.41. The number of ether oxygens (including phenoxy) is 2. The van der Waals surface area contributed by atoms with Gasteiger partial charge < -0.3 is 28.8 Å². The molecule has 4 aliphatic rings. The van der Waals surface area contributed by atoms with Gasteiger partial charge in [-0.1, -0.05) is 31.2 Å². The fraction of sp³-hybridized carbons (Fsp3) is 0.441. The Morgan fingerprint density at radius 2 is 1.88 bits per heavy atom. The Bertz CT molecular complexity index is 2050. The van der Waals surface area contributed by atoms with Crippen LogP contribution in [-0.2, 0) is 20.2 Å². The number of carboxylic acids is 1. The van der Waals surface area contributed by atoms with E-state index in [-0.39, 0.29) is 67.2 Å². The van der Waals surface area contributed by atoms with E-state index in [9.17, 15) is 14.7 Å². The lowest BCUT2D eigenvalue weighted by atomic mass is 9.93. The average Bonchev–Trinajstić information content (AvgIpc) is 3.77. The zero-order valence-corrected chi connectivity index (χ0v) is 26.2. The van der Waals surface area contributed by atoms with Crippen LogP contribution < -0.4 is 9.64 Å². The number of imidazole rings is 1. The van der Waals surface area contributed by atoms with Crippen molar-refractivity contribution in [3.05, 3.63) is 54.4 Å². The molecule has 2 fully saturated rings. The van der Waals surface area contributed by atoms with Crippen LogP contribution in [0.25, 0.3) is 33.1 Å². The van der Waals surface area contributed by atoms with Crippen LogP contribution in [0.15, 0.2) is 52.9 Å². The van der Waals surface area contributed by atoms with Gasteiger partial charge in [-0.2, -0.15) is 13.8 Å². The monoisotopic (exact) mass is 660 g/mol. The van der Waals surface area contributed by atoms with Gasteiger partial charge in [-0.15, -0.1) is 0 Å². The van der Waals surface area contributed by atoms with Crippen LogP contribution in [0.3, 0.4) is 0 Å². The molecule has 0 radical (unpaired) electrons. The minimum Gasteiger partial charge on any atom is -0.480 e.